The van der Waals surface area contributed by atoms with E-state index in [1.165, 1.54) is 36.0 Å². The second-order valence-electron chi connectivity index (χ2n) is 6.32. The summed E-state index contributed by atoms with van der Waals surface area (Å²) in [5, 5.41) is 2.81. The Kier molecular flexibility index (Phi) is 5.16. The van der Waals surface area contributed by atoms with Crippen molar-refractivity contribution in [3.05, 3.63) is 24.3 Å². The number of hydrogen-bond donors (Lipinski definition) is 1. The number of carbonyl (C=O) groups excluding carboxylic acids is 1. The van der Waals surface area contributed by atoms with E-state index in [1.807, 2.05) is 0 Å². The molecule has 1 aliphatic carbocycles. The van der Waals surface area contributed by atoms with Gasteiger partial charge in [-0.05, 0) is 30.9 Å². The number of sulfone groups is 1. The maximum atomic E-state index is 13.0. The Bertz CT molecular complexity index is 878. The second-order valence-corrected chi connectivity index (χ2v) is 11.2. The lowest BCUT2D eigenvalue weighted by Gasteiger charge is -2.23. The minimum atomic E-state index is -4.10. The summed E-state index contributed by atoms with van der Waals surface area (Å²) >= 11 is 1.34. The van der Waals surface area contributed by atoms with Crippen LogP contribution in [0.3, 0.4) is 0 Å². The maximum absolute atomic E-state index is 13.0. The number of rotatable bonds is 6. The van der Waals surface area contributed by atoms with Gasteiger partial charge in [0.1, 0.15) is 10.9 Å². The molecule has 2 aliphatic rings. The van der Waals surface area contributed by atoms with Crippen molar-refractivity contribution in [3.63, 3.8) is 0 Å². The van der Waals surface area contributed by atoms with E-state index in [0.29, 0.717) is 18.2 Å². The van der Waals surface area contributed by atoms with E-state index in [-0.39, 0.29) is 21.6 Å². The van der Waals surface area contributed by atoms with Crippen molar-refractivity contribution in [2.75, 3.05) is 24.4 Å². The SMILES string of the molecule is CS(=O)(=O)c1ccccc1S(=O)(=O)N1CSCC1C(=O)NCC1CC1. The lowest BCUT2D eigenvalue weighted by molar-refractivity contribution is -0.123. The van der Waals surface area contributed by atoms with E-state index in [4.69, 9.17) is 0 Å². The van der Waals surface area contributed by atoms with Crippen molar-refractivity contribution in [3.8, 4) is 0 Å². The van der Waals surface area contributed by atoms with Gasteiger partial charge >= 0.3 is 0 Å². The van der Waals surface area contributed by atoms with Crippen molar-refractivity contribution in [2.45, 2.75) is 28.7 Å². The Morgan fingerprint density at radius 3 is 2.44 bits per heavy atom. The minimum Gasteiger partial charge on any atom is -0.354 e. The van der Waals surface area contributed by atoms with Crippen molar-refractivity contribution in [1.29, 1.82) is 0 Å². The first kappa shape index (κ1) is 18.7. The van der Waals surface area contributed by atoms with Crippen LogP contribution in [0, 0.1) is 5.92 Å². The van der Waals surface area contributed by atoms with Gasteiger partial charge in [0.2, 0.25) is 15.9 Å². The molecule has 1 saturated heterocycles. The quantitative estimate of drug-likeness (QED) is 0.748. The van der Waals surface area contributed by atoms with E-state index in [0.717, 1.165) is 23.4 Å². The zero-order valence-corrected chi connectivity index (χ0v) is 16.2. The fraction of sp³-hybridized carbons (Fsp3) is 0.533. The molecule has 1 saturated carbocycles. The number of nitrogens with zero attached hydrogens (tertiary/aromatic N) is 1. The highest BCUT2D eigenvalue weighted by Crippen LogP contribution is 2.32. The van der Waals surface area contributed by atoms with E-state index in [2.05, 4.69) is 5.32 Å². The highest BCUT2D eigenvalue weighted by molar-refractivity contribution is 8.00. The second kappa shape index (κ2) is 6.90. The predicted molar refractivity (Wildman–Crippen MR) is 95.4 cm³/mol. The molecule has 1 aromatic rings. The Morgan fingerprint density at radius 2 is 1.84 bits per heavy atom. The molecule has 0 bridgehead atoms. The number of nitrogens with one attached hydrogen (secondary N) is 1. The van der Waals surface area contributed by atoms with Crippen LogP contribution < -0.4 is 5.32 Å². The van der Waals surface area contributed by atoms with Crippen LogP contribution in [0.15, 0.2) is 34.1 Å². The molecule has 1 unspecified atom stereocenters. The summed E-state index contributed by atoms with van der Waals surface area (Å²) in [5.41, 5.74) is 0. The molecule has 3 rings (SSSR count). The average Bonchev–Trinajstić information content (AvgIpc) is 3.24. The molecule has 1 aliphatic heterocycles. The first-order valence-electron chi connectivity index (χ1n) is 7.87. The molecule has 10 heteroatoms. The number of hydrogen-bond acceptors (Lipinski definition) is 6. The Morgan fingerprint density at radius 1 is 1.20 bits per heavy atom. The summed E-state index contributed by atoms with van der Waals surface area (Å²) in [6.45, 7) is 0.563. The fourth-order valence-electron chi connectivity index (χ4n) is 2.65. The van der Waals surface area contributed by atoms with Gasteiger partial charge in [-0.1, -0.05) is 12.1 Å². The largest absolute Gasteiger partial charge is 0.354 e. The van der Waals surface area contributed by atoms with Crippen LogP contribution >= 0.6 is 11.8 Å². The Hall–Kier alpha value is -1.10. The van der Waals surface area contributed by atoms with Crippen LogP contribution in [-0.4, -0.2) is 57.5 Å². The van der Waals surface area contributed by atoms with E-state index in [9.17, 15) is 21.6 Å². The van der Waals surface area contributed by atoms with Crippen LogP contribution in [0.4, 0.5) is 0 Å². The molecule has 0 aromatic heterocycles. The normalized spacial score (nSPS) is 22.0. The molecule has 0 spiro atoms. The molecule has 0 radical (unpaired) electrons. The third-order valence-corrected chi connectivity index (χ3v) is 8.61. The van der Waals surface area contributed by atoms with Crippen LogP contribution in [0.2, 0.25) is 0 Å². The van der Waals surface area contributed by atoms with Gasteiger partial charge in [0.25, 0.3) is 0 Å². The van der Waals surface area contributed by atoms with Crippen LogP contribution in [0.1, 0.15) is 12.8 Å². The lowest BCUT2D eigenvalue weighted by Crippen LogP contribution is -2.47. The van der Waals surface area contributed by atoms with Gasteiger partial charge in [-0.25, -0.2) is 16.8 Å². The lowest BCUT2D eigenvalue weighted by atomic mass is 10.3. The van der Waals surface area contributed by atoms with Gasteiger partial charge in [-0.3, -0.25) is 4.79 Å². The molecule has 1 atom stereocenters. The maximum Gasteiger partial charge on any atom is 0.245 e. The number of amides is 1. The molecule has 1 amide bonds. The van der Waals surface area contributed by atoms with E-state index < -0.39 is 25.9 Å². The topological polar surface area (TPSA) is 101 Å². The highest BCUT2D eigenvalue weighted by atomic mass is 32.2. The van der Waals surface area contributed by atoms with Crippen LogP contribution in [0.5, 0.6) is 0 Å². The summed E-state index contributed by atoms with van der Waals surface area (Å²) in [6, 6.07) is 4.68. The Balaban J connectivity index is 1.90. The monoisotopic (exact) mass is 404 g/mol. The van der Waals surface area contributed by atoms with E-state index in [1.54, 1.807) is 0 Å². The summed E-state index contributed by atoms with van der Waals surface area (Å²) in [7, 11) is -7.81. The predicted octanol–water partition coefficient (Wildman–Crippen LogP) is 0.680. The minimum absolute atomic E-state index is 0.127. The zero-order chi connectivity index (χ0) is 18.2. The first-order chi connectivity index (χ1) is 11.7. The number of benzene rings is 1. The molecule has 7 nitrogen and oxygen atoms in total. The zero-order valence-electron chi connectivity index (χ0n) is 13.7. The standard InChI is InChI=1S/C15H20N2O5S3/c1-24(19,20)13-4-2-3-5-14(13)25(21,22)17-10-23-9-12(17)15(18)16-8-11-6-7-11/h2-5,11-12H,6-10H2,1H3,(H,16,18). The smallest absolute Gasteiger partial charge is 0.245 e. The number of thioether (sulfide) groups is 1. The molecular formula is C15H20N2O5S3. The van der Waals surface area contributed by atoms with Crippen molar-refractivity contribution < 1.29 is 21.6 Å². The Labute approximate surface area is 152 Å². The fourth-order valence-corrected chi connectivity index (χ4v) is 7.40. The molecule has 138 valence electrons. The summed E-state index contributed by atoms with van der Waals surface area (Å²) < 4.78 is 51.1. The van der Waals surface area contributed by atoms with Crippen molar-refractivity contribution >= 4 is 37.5 Å². The van der Waals surface area contributed by atoms with Crippen LogP contribution in [-0.2, 0) is 24.7 Å². The van der Waals surface area contributed by atoms with Gasteiger partial charge in [0.15, 0.2) is 9.84 Å². The molecular weight excluding hydrogens is 384 g/mol. The third-order valence-electron chi connectivity index (χ3n) is 4.24. The van der Waals surface area contributed by atoms with Gasteiger partial charge in [0.05, 0.1) is 10.8 Å². The number of carbonyl (C=O) groups is 1. The van der Waals surface area contributed by atoms with Crippen molar-refractivity contribution in [1.82, 2.24) is 9.62 Å². The van der Waals surface area contributed by atoms with Crippen LogP contribution in [0.25, 0.3) is 0 Å². The third kappa shape index (κ3) is 4.02. The highest BCUT2D eigenvalue weighted by Gasteiger charge is 2.41. The molecule has 25 heavy (non-hydrogen) atoms. The van der Waals surface area contributed by atoms with Gasteiger partial charge in [-0.2, -0.15) is 4.31 Å². The van der Waals surface area contributed by atoms with Crippen molar-refractivity contribution in [2.24, 2.45) is 5.92 Å². The summed E-state index contributed by atoms with van der Waals surface area (Å²) in [6.07, 6.45) is 3.15. The van der Waals surface area contributed by atoms with Gasteiger partial charge in [0, 0.05) is 18.6 Å². The molecule has 1 aromatic carbocycles. The van der Waals surface area contributed by atoms with E-state index >= 15 is 0 Å². The summed E-state index contributed by atoms with van der Waals surface area (Å²) in [5.74, 6) is 0.657. The first-order valence-corrected chi connectivity index (χ1v) is 12.4. The van der Waals surface area contributed by atoms with Gasteiger partial charge < -0.3 is 5.32 Å². The van der Waals surface area contributed by atoms with Gasteiger partial charge in [-0.15, -0.1) is 11.8 Å². The molecule has 2 fully saturated rings. The average molecular weight is 405 g/mol. The number of sulfonamides is 1. The summed E-state index contributed by atoms with van der Waals surface area (Å²) in [4.78, 5) is 11.9. The molecule has 1 N–H and O–H groups in total. The molecule has 1 heterocycles.